The van der Waals surface area contributed by atoms with Crippen LogP contribution in [0.15, 0.2) is 0 Å². The third kappa shape index (κ3) is 1.43. The summed E-state index contributed by atoms with van der Waals surface area (Å²) >= 11 is 7.47. The zero-order valence-corrected chi connectivity index (χ0v) is 10.00. The Kier molecular flexibility index (Phi) is 2.28. The summed E-state index contributed by atoms with van der Waals surface area (Å²) in [4.78, 5) is 5.60. The van der Waals surface area contributed by atoms with Gasteiger partial charge in [0.15, 0.2) is 4.47 Å². The van der Waals surface area contributed by atoms with Gasteiger partial charge in [0.05, 0.1) is 5.69 Å². The molecule has 2 heterocycles. The molecule has 1 aliphatic carbocycles. The van der Waals surface area contributed by atoms with Gasteiger partial charge in [-0.05, 0) is 37.8 Å². The molecule has 1 aromatic rings. The standard InChI is InChI=1S/C10H14ClN3S/c11-9-14-6-5-10(1-3-13-4-2-10)8(12)7(6)15-9/h8,13H,1-5,12H2. The van der Waals surface area contributed by atoms with Crippen molar-refractivity contribution >= 4 is 22.9 Å². The molecule has 5 heteroatoms. The molecule has 0 amide bonds. The Morgan fingerprint density at radius 1 is 1.47 bits per heavy atom. The lowest BCUT2D eigenvalue weighted by Gasteiger charge is -2.37. The third-order valence-electron chi connectivity index (χ3n) is 3.76. The molecule has 0 saturated carbocycles. The number of aromatic nitrogens is 1. The van der Waals surface area contributed by atoms with Gasteiger partial charge in [-0.25, -0.2) is 4.98 Å². The molecule has 3 rings (SSSR count). The minimum atomic E-state index is 0.152. The van der Waals surface area contributed by atoms with Gasteiger partial charge in [0.1, 0.15) is 0 Å². The van der Waals surface area contributed by atoms with Gasteiger partial charge in [-0.3, -0.25) is 0 Å². The molecule has 1 unspecified atom stereocenters. The molecule has 1 atom stereocenters. The molecular formula is C10H14ClN3S. The fraction of sp³-hybridized carbons (Fsp3) is 0.700. The largest absolute Gasteiger partial charge is 0.323 e. The van der Waals surface area contributed by atoms with Crippen LogP contribution in [0.4, 0.5) is 0 Å². The van der Waals surface area contributed by atoms with E-state index in [2.05, 4.69) is 10.3 Å². The molecule has 15 heavy (non-hydrogen) atoms. The molecular weight excluding hydrogens is 230 g/mol. The Morgan fingerprint density at radius 2 is 2.20 bits per heavy atom. The highest BCUT2D eigenvalue weighted by Gasteiger charge is 2.46. The molecule has 1 spiro atoms. The number of nitrogens with zero attached hydrogens (tertiary/aromatic N) is 1. The van der Waals surface area contributed by atoms with E-state index in [0.717, 1.165) is 38.0 Å². The van der Waals surface area contributed by atoms with Crippen LogP contribution in [0.3, 0.4) is 0 Å². The first-order valence-electron chi connectivity index (χ1n) is 5.33. The first-order chi connectivity index (χ1) is 7.21. The quantitative estimate of drug-likeness (QED) is 0.730. The summed E-state index contributed by atoms with van der Waals surface area (Å²) in [6.45, 7) is 2.16. The van der Waals surface area contributed by atoms with Crippen LogP contribution >= 0.6 is 22.9 Å². The van der Waals surface area contributed by atoms with E-state index >= 15 is 0 Å². The van der Waals surface area contributed by atoms with Crippen molar-refractivity contribution in [1.82, 2.24) is 10.3 Å². The van der Waals surface area contributed by atoms with E-state index in [1.54, 1.807) is 11.3 Å². The van der Waals surface area contributed by atoms with Crippen molar-refractivity contribution < 1.29 is 0 Å². The Balaban J connectivity index is 1.95. The molecule has 1 fully saturated rings. The topological polar surface area (TPSA) is 50.9 Å². The lowest BCUT2D eigenvalue weighted by molar-refractivity contribution is 0.174. The number of halogens is 1. The van der Waals surface area contributed by atoms with Crippen LogP contribution in [0, 0.1) is 5.41 Å². The average molecular weight is 244 g/mol. The summed E-state index contributed by atoms with van der Waals surface area (Å²) in [7, 11) is 0. The molecule has 3 N–H and O–H groups in total. The highest BCUT2D eigenvalue weighted by molar-refractivity contribution is 7.16. The van der Waals surface area contributed by atoms with Gasteiger partial charge in [-0.15, -0.1) is 11.3 Å². The second-order valence-electron chi connectivity index (χ2n) is 4.54. The lowest BCUT2D eigenvalue weighted by atomic mass is 9.74. The first kappa shape index (κ1) is 10.0. The Labute approximate surface area is 98.0 Å². The molecule has 0 radical (unpaired) electrons. The normalized spacial score (nSPS) is 28.3. The zero-order valence-electron chi connectivity index (χ0n) is 8.42. The van der Waals surface area contributed by atoms with E-state index < -0.39 is 0 Å². The number of piperidine rings is 1. The lowest BCUT2D eigenvalue weighted by Crippen LogP contribution is -2.42. The van der Waals surface area contributed by atoms with Crippen molar-refractivity contribution in [3.63, 3.8) is 0 Å². The highest BCUT2D eigenvalue weighted by Crippen LogP contribution is 2.51. The summed E-state index contributed by atoms with van der Waals surface area (Å²) in [5.74, 6) is 0. The maximum atomic E-state index is 6.35. The smallest absolute Gasteiger partial charge is 0.184 e. The van der Waals surface area contributed by atoms with Gasteiger partial charge in [0.25, 0.3) is 0 Å². The molecule has 0 aromatic carbocycles. The van der Waals surface area contributed by atoms with Crippen LogP contribution in [-0.4, -0.2) is 18.1 Å². The summed E-state index contributed by atoms with van der Waals surface area (Å²) in [5.41, 5.74) is 7.77. The van der Waals surface area contributed by atoms with Crippen molar-refractivity contribution in [1.29, 1.82) is 0 Å². The summed E-state index contributed by atoms with van der Waals surface area (Å²) in [6.07, 6.45) is 3.35. The minimum absolute atomic E-state index is 0.152. The Bertz CT molecular complexity index is 384. The van der Waals surface area contributed by atoms with Crippen molar-refractivity contribution in [3.05, 3.63) is 15.0 Å². The van der Waals surface area contributed by atoms with Crippen LogP contribution in [0.1, 0.15) is 29.5 Å². The third-order valence-corrected chi connectivity index (χ3v) is 5.05. The number of hydrogen-bond acceptors (Lipinski definition) is 4. The summed E-state index contributed by atoms with van der Waals surface area (Å²) < 4.78 is 0.638. The number of hydrogen-bond donors (Lipinski definition) is 2. The maximum Gasteiger partial charge on any atom is 0.184 e. The minimum Gasteiger partial charge on any atom is -0.323 e. The fourth-order valence-electron chi connectivity index (χ4n) is 2.84. The average Bonchev–Trinajstić information content (AvgIpc) is 2.68. The summed E-state index contributed by atoms with van der Waals surface area (Å²) in [6, 6.07) is 0.152. The van der Waals surface area contributed by atoms with Crippen molar-refractivity contribution in [3.8, 4) is 0 Å². The molecule has 3 nitrogen and oxygen atoms in total. The van der Waals surface area contributed by atoms with Crippen LogP contribution in [0.25, 0.3) is 0 Å². The Hall–Kier alpha value is -0.160. The second-order valence-corrected chi connectivity index (χ2v) is 6.16. The molecule has 2 aliphatic rings. The van der Waals surface area contributed by atoms with Crippen molar-refractivity contribution in [2.45, 2.75) is 25.3 Å². The van der Waals surface area contributed by atoms with E-state index in [0.29, 0.717) is 4.47 Å². The van der Waals surface area contributed by atoms with Crippen LogP contribution in [0.5, 0.6) is 0 Å². The van der Waals surface area contributed by atoms with Gasteiger partial charge in [-0.1, -0.05) is 11.6 Å². The maximum absolute atomic E-state index is 6.35. The van der Waals surface area contributed by atoms with Crippen LogP contribution in [-0.2, 0) is 6.42 Å². The number of fused-ring (bicyclic) bond motifs is 1. The number of rotatable bonds is 0. The zero-order chi connectivity index (χ0) is 10.5. The molecule has 0 bridgehead atoms. The monoisotopic (exact) mass is 243 g/mol. The van der Waals surface area contributed by atoms with Gasteiger partial charge in [0.2, 0.25) is 0 Å². The first-order valence-corrected chi connectivity index (χ1v) is 6.52. The second kappa shape index (κ2) is 3.42. The van der Waals surface area contributed by atoms with E-state index in [1.165, 1.54) is 4.88 Å². The number of nitrogens with one attached hydrogen (secondary N) is 1. The predicted octanol–water partition coefficient (Wildman–Crippen LogP) is 1.72. The molecule has 1 aromatic heterocycles. The predicted molar refractivity (Wildman–Crippen MR) is 62.3 cm³/mol. The summed E-state index contributed by atoms with van der Waals surface area (Å²) in [5, 5.41) is 3.39. The van der Waals surface area contributed by atoms with Crippen LogP contribution in [0.2, 0.25) is 4.47 Å². The Morgan fingerprint density at radius 3 is 2.87 bits per heavy atom. The van der Waals surface area contributed by atoms with Gasteiger partial charge in [0, 0.05) is 10.9 Å². The SMILES string of the molecule is NC1c2sc(Cl)nc2CC12CCNCC2. The molecule has 1 saturated heterocycles. The van der Waals surface area contributed by atoms with Crippen molar-refractivity contribution in [2.75, 3.05) is 13.1 Å². The van der Waals surface area contributed by atoms with E-state index in [4.69, 9.17) is 17.3 Å². The fourth-order valence-corrected chi connectivity index (χ4v) is 4.14. The van der Waals surface area contributed by atoms with Crippen LogP contribution < -0.4 is 11.1 Å². The van der Waals surface area contributed by atoms with E-state index in [9.17, 15) is 0 Å². The van der Waals surface area contributed by atoms with Gasteiger partial charge in [-0.2, -0.15) is 0 Å². The molecule has 82 valence electrons. The highest BCUT2D eigenvalue weighted by atomic mass is 35.5. The van der Waals surface area contributed by atoms with E-state index in [-0.39, 0.29) is 11.5 Å². The van der Waals surface area contributed by atoms with Crippen molar-refractivity contribution in [2.24, 2.45) is 11.1 Å². The van der Waals surface area contributed by atoms with Gasteiger partial charge < -0.3 is 11.1 Å². The number of thiazole rings is 1. The number of nitrogens with two attached hydrogens (primary N) is 1. The van der Waals surface area contributed by atoms with Gasteiger partial charge >= 0.3 is 0 Å². The van der Waals surface area contributed by atoms with E-state index in [1.807, 2.05) is 0 Å². The molecule has 1 aliphatic heterocycles.